The lowest BCUT2D eigenvalue weighted by Gasteiger charge is -2.58. The van der Waals surface area contributed by atoms with Gasteiger partial charge in [-0.2, -0.15) is 0 Å². The zero-order valence-electron chi connectivity index (χ0n) is 14.7. The van der Waals surface area contributed by atoms with Crippen molar-refractivity contribution in [3.8, 4) is 11.5 Å². The molecular formula is C21H30O2. The van der Waals surface area contributed by atoms with Gasteiger partial charge < -0.3 is 10.2 Å². The number of allylic oxidation sites excluding steroid dienone is 1. The molecule has 2 saturated carbocycles. The molecule has 2 nitrogen and oxygen atoms in total. The molecule has 2 heteroatoms. The van der Waals surface area contributed by atoms with Crippen LogP contribution in [-0.4, -0.2) is 10.2 Å². The molecule has 23 heavy (non-hydrogen) atoms. The van der Waals surface area contributed by atoms with E-state index in [1.807, 2.05) is 0 Å². The average Bonchev–Trinajstić information content (AvgIpc) is 2.50. The van der Waals surface area contributed by atoms with Gasteiger partial charge in [0.25, 0.3) is 0 Å². The number of phenols is 2. The third kappa shape index (κ3) is 2.56. The molecule has 0 amide bonds. The molecule has 0 heterocycles. The highest BCUT2D eigenvalue weighted by molar-refractivity contribution is 5.39. The van der Waals surface area contributed by atoms with Crippen molar-refractivity contribution >= 4 is 0 Å². The Labute approximate surface area is 140 Å². The van der Waals surface area contributed by atoms with Crippen LogP contribution in [0.2, 0.25) is 0 Å². The Morgan fingerprint density at radius 1 is 1.22 bits per heavy atom. The van der Waals surface area contributed by atoms with Gasteiger partial charge in [-0.1, -0.05) is 32.9 Å². The number of phenolic OH excluding ortho intramolecular Hbond substituents is 2. The van der Waals surface area contributed by atoms with E-state index in [1.54, 1.807) is 18.2 Å². The molecule has 0 aromatic heterocycles. The van der Waals surface area contributed by atoms with Crippen LogP contribution in [-0.2, 0) is 6.42 Å². The Bertz CT molecular complexity index is 620. The van der Waals surface area contributed by atoms with E-state index in [9.17, 15) is 10.2 Å². The maximum atomic E-state index is 10.2. The van der Waals surface area contributed by atoms with Gasteiger partial charge in [0, 0.05) is 0 Å². The van der Waals surface area contributed by atoms with Crippen LogP contribution < -0.4 is 0 Å². The first-order valence-corrected chi connectivity index (χ1v) is 8.96. The number of hydrogen-bond acceptors (Lipinski definition) is 2. The molecule has 0 aliphatic heterocycles. The Hall–Kier alpha value is -1.44. The van der Waals surface area contributed by atoms with E-state index in [1.165, 1.54) is 31.3 Å². The summed E-state index contributed by atoms with van der Waals surface area (Å²) in [5.74, 6) is 1.74. The summed E-state index contributed by atoms with van der Waals surface area (Å²) in [5.41, 5.74) is 2.65. The molecule has 2 N–H and O–H groups in total. The van der Waals surface area contributed by atoms with Gasteiger partial charge in [0.15, 0.2) is 0 Å². The zero-order valence-corrected chi connectivity index (χ0v) is 14.7. The standard InChI is InChI=1S/C21H30O2/c1-14-6-5-7-19-20(14,3)11-10-15(2)21(19,4)13-16-12-17(22)8-9-18(16)23/h8-9,12,15,19,22-23H,1,5-7,10-11,13H2,2-4H3/t15-,19-,20-,21-/m1/s1. The van der Waals surface area contributed by atoms with Crippen LogP contribution in [0.25, 0.3) is 0 Å². The van der Waals surface area contributed by atoms with Gasteiger partial charge in [-0.15, -0.1) is 0 Å². The highest BCUT2D eigenvalue weighted by atomic mass is 16.3. The fraction of sp³-hybridized carbons (Fsp3) is 0.619. The number of rotatable bonds is 2. The van der Waals surface area contributed by atoms with Gasteiger partial charge in [-0.05, 0) is 85.0 Å². The van der Waals surface area contributed by atoms with Gasteiger partial charge in [0.2, 0.25) is 0 Å². The van der Waals surface area contributed by atoms with Crippen molar-refractivity contribution in [1.82, 2.24) is 0 Å². The van der Waals surface area contributed by atoms with Gasteiger partial charge in [-0.3, -0.25) is 0 Å². The van der Waals surface area contributed by atoms with Crippen molar-refractivity contribution in [3.63, 3.8) is 0 Å². The minimum atomic E-state index is 0.127. The molecule has 0 saturated heterocycles. The zero-order chi connectivity index (χ0) is 16.8. The highest BCUT2D eigenvalue weighted by Gasteiger charge is 2.53. The monoisotopic (exact) mass is 314 g/mol. The minimum Gasteiger partial charge on any atom is -0.508 e. The van der Waals surface area contributed by atoms with Crippen LogP contribution in [0.3, 0.4) is 0 Å². The van der Waals surface area contributed by atoms with E-state index in [0.29, 0.717) is 17.6 Å². The smallest absolute Gasteiger partial charge is 0.119 e. The second-order valence-corrected chi connectivity index (χ2v) is 8.40. The van der Waals surface area contributed by atoms with Crippen LogP contribution in [0.15, 0.2) is 30.4 Å². The van der Waals surface area contributed by atoms with Crippen molar-refractivity contribution in [2.75, 3.05) is 0 Å². The van der Waals surface area contributed by atoms with E-state index >= 15 is 0 Å². The fourth-order valence-electron chi connectivity index (χ4n) is 5.39. The average molecular weight is 314 g/mol. The minimum absolute atomic E-state index is 0.127. The molecular weight excluding hydrogens is 284 g/mol. The van der Waals surface area contributed by atoms with Crippen LogP contribution in [0.5, 0.6) is 11.5 Å². The molecule has 0 bridgehead atoms. The van der Waals surface area contributed by atoms with Crippen molar-refractivity contribution < 1.29 is 10.2 Å². The largest absolute Gasteiger partial charge is 0.508 e. The topological polar surface area (TPSA) is 40.5 Å². The first-order chi connectivity index (χ1) is 10.8. The molecule has 1 aromatic carbocycles. The van der Waals surface area contributed by atoms with Gasteiger partial charge >= 0.3 is 0 Å². The van der Waals surface area contributed by atoms with Gasteiger partial charge in [-0.25, -0.2) is 0 Å². The number of aromatic hydroxyl groups is 2. The summed E-state index contributed by atoms with van der Waals surface area (Å²) >= 11 is 0. The number of benzene rings is 1. The molecule has 4 atom stereocenters. The highest BCUT2D eigenvalue weighted by Crippen LogP contribution is 2.62. The van der Waals surface area contributed by atoms with E-state index in [0.717, 1.165) is 18.4 Å². The van der Waals surface area contributed by atoms with Crippen LogP contribution in [0.4, 0.5) is 0 Å². The predicted molar refractivity (Wildman–Crippen MR) is 94.6 cm³/mol. The number of hydrogen-bond donors (Lipinski definition) is 2. The Morgan fingerprint density at radius 2 is 1.96 bits per heavy atom. The molecule has 2 aliphatic rings. The molecule has 2 fully saturated rings. The first-order valence-electron chi connectivity index (χ1n) is 8.96. The second-order valence-electron chi connectivity index (χ2n) is 8.40. The van der Waals surface area contributed by atoms with Crippen molar-refractivity contribution in [3.05, 3.63) is 35.9 Å². The number of fused-ring (bicyclic) bond motifs is 1. The van der Waals surface area contributed by atoms with E-state index < -0.39 is 0 Å². The lowest BCUT2D eigenvalue weighted by molar-refractivity contribution is -0.0491. The Morgan fingerprint density at radius 3 is 2.70 bits per heavy atom. The summed E-state index contributed by atoms with van der Waals surface area (Å²) in [4.78, 5) is 0. The fourth-order valence-corrected chi connectivity index (χ4v) is 5.39. The van der Waals surface area contributed by atoms with Crippen molar-refractivity contribution in [2.45, 2.75) is 59.3 Å². The molecule has 126 valence electrons. The Kier molecular flexibility index (Phi) is 3.98. The van der Waals surface area contributed by atoms with Crippen LogP contribution in [0.1, 0.15) is 58.4 Å². The molecule has 2 aliphatic carbocycles. The van der Waals surface area contributed by atoms with Crippen LogP contribution in [0, 0.1) is 22.7 Å². The maximum absolute atomic E-state index is 10.2. The van der Waals surface area contributed by atoms with Crippen molar-refractivity contribution in [2.24, 2.45) is 22.7 Å². The third-order valence-corrected chi connectivity index (χ3v) is 7.20. The molecule has 0 unspecified atom stereocenters. The lowest BCUT2D eigenvalue weighted by atomic mass is 9.46. The summed E-state index contributed by atoms with van der Waals surface area (Å²) in [5, 5.41) is 20.1. The molecule has 3 rings (SSSR count). The summed E-state index contributed by atoms with van der Waals surface area (Å²) in [6.07, 6.45) is 6.90. The summed E-state index contributed by atoms with van der Waals surface area (Å²) in [6, 6.07) is 4.90. The van der Waals surface area contributed by atoms with Gasteiger partial charge in [0.1, 0.15) is 11.5 Å². The lowest BCUT2D eigenvalue weighted by Crippen LogP contribution is -2.51. The normalized spacial score (nSPS) is 37.4. The second kappa shape index (κ2) is 5.58. The third-order valence-electron chi connectivity index (χ3n) is 7.20. The van der Waals surface area contributed by atoms with Gasteiger partial charge in [0.05, 0.1) is 0 Å². The quantitative estimate of drug-likeness (QED) is 0.564. The summed E-state index contributed by atoms with van der Waals surface area (Å²) in [6.45, 7) is 11.6. The first kappa shape index (κ1) is 16.4. The van der Waals surface area contributed by atoms with E-state index in [2.05, 4.69) is 27.4 Å². The Balaban J connectivity index is 1.99. The molecule has 1 aromatic rings. The SMILES string of the molecule is C=C1CCC[C@H]2[C@](C)(Cc3cc(O)ccc3O)[C@H](C)CC[C@]12C. The summed E-state index contributed by atoms with van der Waals surface area (Å²) in [7, 11) is 0. The molecule has 0 spiro atoms. The summed E-state index contributed by atoms with van der Waals surface area (Å²) < 4.78 is 0. The van der Waals surface area contributed by atoms with Crippen molar-refractivity contribution in [1.29, 1.82) is 0 Å². The van der Waals surface area contributed by atoms with E-state index in [4.69, 9.17) is 0 Å². The predicted octanol–water partition coefficient (Wildman–Crippen LogP) is 5.44. The van der Waals surface area contributed by atoms with E-state index in [-0.39, 0.29) is 16.6 Å². The van der Waals surface area contributed by atoms with Crippen LogP contribution >= 0.6 is 0 Å². The molecule has 0 radical (unpaired) electrons. The maximum Gasteiger partial charge on any atom is 0.119 e.